The van der Waals surface area contributed by atoms with Gasteiger partial charge in [0.25, 0.3) is 0 Å². The number of carbonyl (C=O) groups excluding carboxylic acids is 1. The van der Waals surface area contributed by atoms with Crippen LogP contribution in [0.2, 0.25) is 0 Å². The van der Waals surface area contributed by atoms with Gasteiger partial charge in [-0.3, -0.25) is 0 Å². The number of halogens is 3. The van der Waals surface area contributed by atoms with Crippen molar-refractivity contribution in [3.63, 3.8) is 0 Å². The van der Waals surface area contributed by atoms with Gasteiger partial charge >= 0.3 is 6.09 Å². The summed E-state index contributed by atoms with van der Waals surface area (Å²) in [5.74, 6) is -0.171. The number of hydrogen-bond donors (Lipinski definition) is 1. The fraction of sp³-hybridized carbons (Fsp3) is 0.167. The summed E-state index contributed by atoms with van der Waals surface area (Å²) in [7, 11) is 0. The van der Waals surface area contributed by atoms with Crippen LogP contribution in [0.3, 0.4) is 0 Å². The molecular formula is C6H4Cl3N3O2. The normalized spacial score (nSPS) is 11.1. The Labute approximate surface area is 94.1 Å². The molecule has 5 nitrogen and oxygen atoms in total. The molecule has 0 spiro atoms. The van der Waals surface area contributed by atoms with Crippen LogP contribution in [0, 0.1) is 0 Å². The molecule has 0 aliphatic carbocycles. The summed E-state index contributed by atoms with van der Waals surface area (Å²) in [5.41, 5.74) is 4.76. The van der Waals surface area contributed by atoms with E-state index in [0.717, 1.165) is 0 Å². The minimum absolute atomic E-state index is 0.0752. The Morgan fingerprint density at radius 2 is 2.14 bits per heavy atom. The van der Waals surface area contributed by atoms with Crippen molar-refractivity contribution in [1.82, 2.24) is 9.97 Å². The van der Waals surface area contributed by atoms with E-state index in [-0.39, 0.29) is 11.7 Å². The molecule has 0 atom stereocenters. The first-order valence-electron chi connectivity index (χ1n) is 3.27. The quantitative estimate of drug-likeness (QED) is 0.777. The molecule has 0 fully saturated rings. The minimum atomic E-state index is -1.77. The molecule has 0 aliphatic heterocycles. The summed E-state index contributed by atoms with van der Waals surface area (Å²) >= 11 is 16.5. The summed E-state index contributed by atoms with van der Waals surface area (Å²) in [4.78, 5) is 17.7. The molecule has 0 aliphatic rings. The number of amides is 1. The highest BCUT2D eigenvalue weighted by molar-refractivity contribution is 6.66. The van der Waals surface area contributed by atoms with E-state index in [9.17, 15) is 4.79 Å². The van der Waals surface area contributed by atoms with Gasteiger partial charge in [0.1, 0.15) is 0 Å². The highest BCUT2D eigenvalue weighted by atomic mass is 35.6. The zero-order chi connectivity index (χ0) is 10.8. The van der Waals surface area contributed by atoms with E-state index in [2.05, 4.69) is 14.7 Å². The Morgan fingerprint density at radius 1 is 1.50 bits per heavy atom. The third kappa shape index (κ3) is 3.17. The van der Waals surface area contributed by atoms with Gasteiger partial charge in [-0.25, -0.2) is 9.78 Å². The smallest absolute Gasteiger partial charge is 0.391 e. The zero-order valence-corrected chi connectivity index (χ0v) is 8.84. The number of rotatable bonds is 1. The zero-order valence-electron chi connectivity index (χ0n) is 6.58. The predicted octanol–water partition coefficient (Wildman–Crippen LogP) is 1.76. The van der Waals surface area contributed by atoms with Crippen molar-refractivity contribution in [2.45, 2.75) is 3.79 Å². The van der Waals surface area contributed by atoms with Gasteiger partial charge in [0.2, 0.25) is 9.67 Å². The Balaban J connectivity index is 2.95. The molecule has 1 aromatic rings. The van der Waals surface area contributed by atoms with Gasteiger partial charge in [0.15, 0.2) is 5.82 Å². The van der Waals surface area contributed by atoms with E-state index in [1.165, 1.54) is 12.3 Å². The van der Waals surface area contributed by atoms with E-state index in [1.54, 1.807) is 0 Å². The van der Waals surface area contributed by atoms with Crippen molar-refractivity contribution in [2.75, 3.05) is 0 Å². The first kappa shape index (κ1) is 11.3. The van der Waals surface area contributed by atoms with Crippen LogP contribution in [-0.4, -0.2) is 16.1 Å². The van der Waals surface area contributed by atoms with Crippen LogP contribution in [0.15, 0.2) is 12.3 Å². The molecule has 0 radical (unpaired) electrons. The van der Waals surface area contributed by atoms with Crippen molar-refractivity contribution in [3.8, 4) is 5.88 Å². The van der Waals surface area contributed by atoms with E-state index in [0.29, 0.717) is 0 Å². The van der Waals surface area contributed by atoms with Crippen LogP contribution in [-0.2, 0) is 3.79 Å². The molecule has 0 unspecified atom stereocenters. The van der Waals surface area contributed by atoms with Crippen LogP contribution >= 0.6 is 34.8 Å². The SMILES string of the molecule is NC(=O)Oc1ccnc(C(Cl)(Cl)Cl)n1. The van der Waals surface area contributed by atoms with Crippen molar-refractivity contribution < 1.29 is 9.53 Å². The Hall–Kier alpha value is -0.780. The van der Waals surface area contributed by atoms with Crippen molar-refractivity contribution in [2.24, 2.45) is 5.73 Å². The van der Waals surface area contributed by atoms with Gasteiger partial charge in [0.05, 0.1) is 0 Å². The van der Waals surface area contributed by atoms with E-state index >= 15 is 0 Å². The monoisotopic (exact) mass is 255 g/mol. The maximum absolute atomic E-state index is 10.4. The first-order valence-corrected chi connectivity index (χ1v) is 4.40. The fourth-order valence-corrected chi connectivity index (χ4v) is 0.912. The molecule has 1 aromatic heterocycles. The lowest BCUT2D eigenvalue weighted by Crippen LogP contribution is -2.18. The average Bonchev–Trinajstić information content (AvgIpc) is 2.01. The summed E-state index contributed by atoms with van der Waals surface area (Å²) in [6.07, 6.45) is 0.279. The van der Waals surface area contributed by atoms with Crippen LogP contribution in [0.25, 0.3) is 0 Å². The molecule has 8 heteroatoms. The lowest BCUT2D eigenvalue weighted by Gasteiger charge is -2.08. The minimum Gasteiger partial charge on any atom is -0.391 e. The van der Waals surface area contributed by atoms with Crippen molar-refractivity contribution in [1.29, 1.82) is 0 Å². The lowest BCUT2D eigenvalue weighted by atomic mass is 10.6. The number of hydrogen-bond acceptors (Lipinski definition) is 4. The van der Waals surface area contributed by atoms with E-state index in [1.807, 2.05) is 0 Å². The molecule has 0 bridgehead atoms. The summed E-state index contributed by atoms with van der Waals surface area (Å²) in [5, 5.41) is 0. The molecule has 0 saturated carbocycles. The fourth-order valence-electron chi connectivity index (χ4n) is 0.639. The van der Waals surface area contributed by atoms with E-state index < -0.39 is 9.89 Å². The van der Waals surface area contributed by atoms with Crippen LogP contribution in [0.1, 0.15) is 5.82 Å². The van der Waals surface area contributed by atoms with Crippen molar-refractivity contribution in [3.05, 3.63) is 18.1 Å². The maximum Gasteiger partial charge on any atom is 0.411 e. The number of nitrogens with zero attached hydrogens (tertiary/aromatic N) is 2. The van der Waals surface area contributed by atoms with Gasteiger partial charge < -0.3 is 10.5 Å². The standard InChI is InChI=1S/C6H4Cl3N3O2/c7-6(8,9)4-11-2-1-3(12-4)14-5(10)13/h1-2H,(H2,10,13). The first-order chi connectivity index (χ1) is 6.39. The van der Waals surface area contributed by atoms with Crippen LogP contribution < -0.4 is 10.5 Å². The number of ether oxygens (including phenoxy) is 1. The number of alkyl halides is 3. The molecule has 14 heavy (non-hydrogen) atoms. The van der Waals surface area contributed by atoms with Gasteiger partial charge in [-0.05, 0) is 0 Å². The van der Waals surface area contributed by atoms with Gasteiger partial charge in [-0.2, -0.15) is 4.98 Å². The average molecular weight is 256 g/mol. The van der Waals surface area contributed by atoms with Gasteiger partial charge in [0, 0.05) is 12.3 Å². The molecule has 1 rings (SSSR count). The molecule has 1 heterocycles. The van der Waals surface area contributed by atoms with Crippen LogP contribution in [0.5, 0.6) is 5.88 Å². The second kappa shape index (κ2) is 4.16. The summed E-state index contributed by atoms with van der Waals surface area (Å²) in [6, 6.07) is 1.31. The molecular weight excluding hydrogens is 252 g/mol. The largest absolute Gasteiger partial charge is 0.411 e. The topological polar surface area (TPSA) is 78.1 Å². The molecule has 0 aromatic carbocycles. The maximum atomic E-state index is 10.4. The van der Waals surface area contributed by atoms with Gasteiger partial charge in [-0.1, -0.05) is 34.8 Å². The Bertz CT molecular complexity index is 352. The lowest BCUT2D eigenvalue weighted by molar-refractivity contribution is 0.209. The third-order valence-electron chi connectivity index (χ3n) is 1.09. The molecule has 76 valence electrons. The number of carbonyl (C=O) groups is 1. The Kier molecular flexibility index (Phi) is 3.36. The second-order valence-corrected chi connectivity index (χ2v) is 4.42. The molecule has 1 amide bonds. The Morgan fingerprint density at radius 3 is 2.64 bits per heavy atom. The van der Waals surface area contributed by atoms with Gasteiger partial charge in [-0.15, -0.1) is 0 Å². The van der Waals surface area contributed by atoms with E-state index in [4.69, 9.17) is 40.5 Å². The number of aromatic nitrogens is 2. The molecule has 2 N–H and O–H groups in total. The second-order valence-electron chi connectivity index (χ2n) is 2.14. The number of primary amides is 1. The predicted molar refractivity (Wildman–Crippen MR) is 51.5 cm³/mol. The summed E-state index contributed by atoms with van der Waals surface area (Å²) < 4.78 is 2.70. The molecule has 0 saturated heterocycles. The highest BCUT2D eigenvalue weighted by Gasteiger charge is 2.27. The van der Waals surface area contributed by atoms with Crippen LogP contribution in [0.4, 0.5) is 4.79 Å². The van der Waals surface area contributed by atoms with Crippen molar-refractivity contribution >= 4 is 40.9 Å². The highest BCUT2D eigenvalue weighted by Crippen LogP contribution is 2.35. The third-order valence-corrected chi connectivity index (χ3v) is 1.60. The number of nitrogens with two attached hydrogens (primary N) is 1. The summed E-state index contributed by atoms with van der Waals surface area (Å²) in [6.45, 7) is 0.